The minimum atomic E-state index is -0.168. The molecule has 0 saturated carbocycles. The van der Waals surface area contributed by atoms with Crippen LogP contribution in [-0.4, -0.2) is 0 Å². The number of benzene rings is 9. The van der Waals surface area contributed by atoms with Crippen LogP contribution in [0.25, 0.3) is 77.6 Å². The van der Waals surface area contributed by atoms with Crippen LogP contribution < -0.4 is 0 Å². The Kier molecular flexibility index (Phi) is 8.06. The Hall–Kier alpha value is -7.22. The highest BCUT2D eigenvalue weighted by molar-refractivity contribution is 6.06. The Morgan fingerprint density at radius 3 is 1.31 bits per heavy atom. The highest BCUT2D eigenvalue weighted by Gasteiger charge is 2.38. The molecule has 2 aliphatic carbocycles. The zero-order valence-electron chi connectivity index (χ0n) is 35.5. The van der Waals surface area contributed by atoms with Crippen LogP contribution >= 0.6 is 0 Å². The lowest BCUT2D eigenvalue weighted by Gasteiger charge is -2.27. The maximum absolute atomic E-state index is 6.23. The summed E-state index contributed by atoms with van der Waals surface area (Å²) in [6, 6.07) is 74.5. The molecule has 0 bridgehead atoms. The minimum Gasteiger partial charge on any atom is -0.456 e. The lowest BCUT2D eigenvalue weighted by Crippen LogP contribution is -2.17. The molecule has 0 fully saturated rings. The lowest BCUT2D eigenvalue weighted by molar-refractivity contribution is 0.657. The van der Waals surface area contributed by atoms with Gasteiger partial charge in [-0.15, -0.1) is 0 Å². The van der Waals surface area contributed by atoms with Gasteiger partial charge in [0.25, 0.3) is 0 Å². The van der Waals surface area contributed by atoms with Gasteiger partial charge in [-0.2, -0.15) is 0 Å². The molecule has 1 nitrogen and oxygen atoms in total. The summed E-state index contributed by atoms with van der Waals surface area (Å²) < 4.78 is 6.23. The van der Waals surface area contributed by atoms with Crippen LogP contribution in [0.2, 0.25) is 0 Å². The lowest BCUT2D eigenvalue weighted by atomic mass is 9.76. The first-order valence-electron chi connectivity index (χ1n) is 21.9. The van der Waals surface area contributed by atoms with Gasteiger partial charge in [0.1, 0.15) is 11.2 Å². The summed E-state index contributed by atoms with van der Waals surface area (Å²) in [7, 11) is 0. The van der Waals surface area contributed by atoms with Crippen LogP contribution in [0.3, 0.4) is 0 Å². The Morgan fingerprint density at radius 2 is 0.726 bits per heavy atom. The van der Waals surface area contributed by atoms with Crippen molar-refractivity contribution in [2.75, 3.05) is 0 Å². The molecule has 62 heavy (non-hydrogen) atoms. The van der Waals surface area contributed by atoms with Crippen LogP contribution in [0.15, 0.2) is 205 Å². The third-order valence-corrected chi connectivity index (χ3v) is 14.2. The summed E-state index contributed by atoms with van der Waals surface area (Å²) in [4.78, 5) is 0. The molecule has 0 amide bonds. The van der Waals surface area contributed by atoms with Crippen LogP contribution in [0, 0.1) is 0 Å². The molecule has 1 heterocycles. The second-order valence-corrected chi connectivity index (χ2v) is 18.5. The van der Waals surface area contributed by atoms with E-state index in [0.717, 1.165) is 21.9 Å². The van der Waals surface area contributed by atoms with Gasteiger partial charge in [-0.1, -0.05) is 198 Å². The summed E-state index contributed by atoms with van der Waals surface area (Å²) in [5, 5.41) is 2.29. The van der Waals surface area contributed by atoms with Gasteiger partial charge < -0.3 is 4.42 Å². The molecule has 1 aromatic heterocycles. The quantitative estimate of drug-likeness (QED) is 0.153. The van der Waals surface area contributed by atoms with Crippen molar-refractivity contribution in [1.82, 2.24) is 0 Å². The Morgan fingerprint density at radius 1 is 0.306 bits per heavy atom. The first-order valence-corrected chi connectivity index (χ1v) is 21.9. The summed E-state index contributed by atoms with van der Waals surface area (Å²) in [6.45, 7) is 9.61. The van der Waals surface area contributed by atoms with Gasteiger partial charge >= 0.3 is 0 Å². The van der Waals surface area contributed by atoms with E-state index in [-0.39, 0.29) is 16.7 Å². The molecule has 10 aromatic rings. The number of hydrogen-bond acceptors (Lipinski definition) is 1. The zero-order valence-corrected chi connectivity index (χ0v) is 35.5. The van der Waals surface area contributed by atoms with E-state index in [0.29, 0.717) is 0 Å². The third kappa shape index (κ3) is 5.61. The molecule has 0 saturated heterocycles. The standard InChI is InChI=1S/C61H46O/c1-60(2)53-34-42(38-14-7-5-8-15-38)22-27-47(53)49-29-24-45(36-55(49)60)59(44-19-13-18-40(32-44)41-26-31-58-52(33-41)51-20-11-12-21-57(51)62-58)46-25-30-50-48-28-23-43(39-16-9-6-10-17-39)35-54(48)61(3,4)56(50)37-46/h5-37,59H,1-4H3. The highest BCUT2D eigenvalue weighted by Crippen LogP contribution is 2.53. The molecule has 2 aliphatic rings. The SMILES string of the molecule is CC1(C)c2cc(-c3ccccc3)ccc2-c2ccc(C(c3cccc(-c4ccc5oc6ccccc6c5c4)c3)c3ccc4c(c3)C(C)(C)c3cc(-c5ccccc5)ccc3-4)cc21. The Labute approximate surface area is 364 Å². The van der Waals surface area contributed by atoms with Gasteiger partial charge in [0, 0.05) is 27.5 Å². The molecule has 12 rings (SSSR count). The number of hydrogen-bond donors (Lipinski definition) is 0. The van der Waals surface area contributed by atoms with Crippen LogP contribution in [0.4, 0.5) is 0 Å². The molecular weight excluding hydrogens is 749 g/mol. The number of para-hydroxylation sites is 1. The van der Waals surface area contributed by atoms with Gasteiger partial charge in [0.2, 0.25) is 0 Å². The highest BCUT2D eigenvalue weighted by atomic mass is 16.3. The van der Waals surface area contributed by atoms with Gasteiger partial charge in [0.15, 0.2) is 0 Å². The van der Waals surface area contributed by atoms with Crippen molar-refractivity contribution < 1.29 is 4.42 Å². The van der Waals surface area contributed by atoms with Crippen molar-refractivity contribution in [1.29, 1.82) is 0 Å². The predicted octanol–water partition coefficient (Wildman–Crippen LogP) is 16.4. The maximum atomic E-state index is 6.23. The van der Waals surface area contributed by atoms with E-state index in [1.807, 2.05) is 6.07 Å². The first kappa shape index (κ1) is 36.6. The normalized spacial score (nSPS) is 14.2. The molecular formula is C61H46O. The van der Waals surface area contributed by atoms with Gasteiger partial charge in [-0.05, 0) is 125 Å². The fourth-order valence-electron chi connectivity index (χ4n) is 10.9. The van der Waals surface area contributed by atoms with E-state index in [2.05, 4.69) is 222 Å². The average Bonchev–Trinajstić information content (AvgIpc) is 3.88. The van der Waals surface area contributed by atoms with E-state index in [1.165, 1.54) is 94.6 Å². The smallest absolute Gasteiger partial charge is 0.135 e. The topological polar surface area (TPSA) is 13.1 Å². The van der Waals surface area contributed by atoms with E-state index < -0.39 is 0 Å². The second kappa shape index (κ2) is 13.6. The average molecular weight is 795 g/mol. The Balaban J connectivity index is 1.00. The van der Waals surface area contributed by atoms with Crippen LogP contribution in [0.1, 0.15) is 72.6 Å². The number of furan rings is 1. The molecule has 0 atom stereocenters. The molecule has 0 radical (unpaired) electrons. The fourth-order valence-corrected chi connectivity index (χ4v) is 10.9. The van der Waals surface area contributed by atoms with Crippen LogP contribution in [-0.2, 0) is 10.8 Å². The molecule has 0 unspecified atom stereocenters. The van der Waals surface area contributed by atoms with E-state index in [9.17, 15) is 0 Å². The van der Waals surface area contributed by atoms with Gasteiger partial charge in [0.05, 0.1) is 0 Å². The largest absolute Gasteiger partial charge is 0.456 e. The summed E-state index contributed by atoms with van der Waals surface area (Å²) in [5.74, 6) is 0.00261. The van der Waals surface area contributed by atoms with Crippen molar-refractivity contribution in [3.8, 4) is 55.6 Å². The molecule has 0 spiro atoms. The van der Waals surface area contributed by atoms with E-state index in [4.69, 9.17) is 4.42 Å². The van der Waals surface area contributed by atoms with E-state index >= 15 is 0 Å². The van der Waals surface area contributed by atoms with Crippen molar-refractivity contribution in [2.24, 2.45) is 0 Å². The van der Waals surface area contributed by atoms with Gasteiger partial charge in [-0.3, -0.25) is 0 Å². The van der Waals surface area contributed by atoms with Crippen molar-refractivity contribution in [3.05, 3.63) is 239 Å². The second-order valence-electron chi connectivity index (χ2n) is 18.5. The minimum absolute atomic E-state index is 0.00261. The summed E-state index contributed by atoms with van der Waals surface area (Å²) in [6.07, 6.45) is 0. The van der Waals surface area contributed by atoms with E-state index in [1.54, 1.807) is 0 Å². The number of fused-ring (bicyclic) bond motifs is 9. The van der Waals surface area contributed by atoms with Crippen molar-refractivity contribution in [2.45, 2.75) is 44.4 Å². The summed E-state index contributed by atoms with van der Waals surface area (Å²) in [5.41, 5.74) is 23.7. The predicted molar refractivity (Wildman–Crippen MR) is 259 cm³/mol. The first-order chi connectivity index (χ1) is 30.2. The fraction of sp³-hybridized carbons (Fsp3) is 0.115. The van der Waals surface area contributed by atoms with Gasteiger partial charge in [-0.25, -0.2) is 0 Å². The molecule has 296 valence electrons. The third-order valence-electron chi connectivity index (χ3n) is 14.2. The molecule has 0 aliphatic heterocycles. The maximum Gasteiger partial charge on any atom is 0.135 e. The molecule has 9 aromatic carbocycles. The monoisotopic (exact) mass is 794 g/mol. The van der Waals surface area contributed by atoms with Crippen molar-refractivity contribution >= 4 is 21.9 Å². The summed E-state index contributed by atoms with van der Waals surface area (Å²) >= 11 is 0. The van der Waals surface area contributed by atoms with Crippen LogP contribution in [0.5, 0.6) is 0 Å². The zero-order chi connectivity index (χ0) is 41.7. The number of rotatable bonds is 6. The Bertz CT molecular complexity index is 3250. The molecule has 0 N–H and O–H groups in total. The molecule has 1 heteroatoms. The van der Waals surface area contributed by atoms with Crippen molar-refractivity contribution in [3.63, 3.8) is 0 Å².